The monoisotopic (exact) mass is 458 g/mol. The first-order chi connectivity index (χ1) is 15.5. The number of aryl methyl sites for hydroxylation is 2. The molecule has 0 spiro atoms. The summed E-state index contributed by atoms with van der Waals surface area (Å²) in [6.07, 6.45) is -0.280. The van der Waals surface area contributed by atoms with E-state index in [0.717, 1.165) is 23.4 Å². The van der Waals surface area contributed by atoms with E-state index in [2.05, 4.69) is 20.3 Å². The molecule has 4 heterocycles. The summed E-state index contributed by atoms with van der Waals surface area (Å²) in [6.45, 7) is 2.05. The lowest BCUT2D eigenvalue weighted by molar-refractivity contribution is -0.114. The van der Waals surface area contributed by atoms with Crippen LogP contribution in [-0.4, -0.2) is 63.6 Å². The highest BCUT2D eigenvalue weighted by molar-refractivity contribution is 6.31. The van der Waals surface area contributed by atoms with Gasteiger partial charge in [0.1, 0.15) is 18.3 Å². The standard InChI is InChI=1S/C22H23ClN4O5/c1-11(28)24-13-5-2-12(3-6-13)4-7-15-14(23)8-16-21(25-15)27-22(26-16)32-18-10-31-19-17(29)9-30-20(18)19/h2-3,5-6,8,17-20,29H,4,7,9-10H2,1H3,(H,24,28)(H,25,26,27)/t17-,18-,19-,20-/m1/s1. The number of rotatable bonds is 6. The normalized spacial score (nSPS) is 24.6. The summed E-state index contributed by atoms with van der Waals surface area (Å²) >= 11 is 6.45. The lowest BCUT2D eigenvalue weighted by Gasteiger charge is -2.15. The van der Waals surface area contributed by atoms with Crippen LogP contribution in [-0.2, 0) is 27.1 Å². The maximum atomic E-state index is 11.1. The first-order valence-electron chi connectivity index (χ1n) is 10.5. The van der Waals surface area contributed by atoms with Gasteiger partial charge in [0.25, 0.3) is 6.01 Å². The smallest absolute Gasteiger partial charge is 0.296 e. The minimum atomic E-state index is -0.631. The van der Waals surface area contributed by atoms with E-state index in [-0.39, 0.29) is 30.8 Å². The van der Waals surface area contributed by atoms with Gasteiger partial charge in [-0.15, -0.1) is 0 Å². The number of nitrogens with zero attached hydrogens (tertiary/aromatic N) is 2. The fraction of sp³-hybridized carbons (Fsp3) is 0.409. The number of aromatic amines is 1. The van der Waals surface area contributed by atoms with E-state index in [9.17, 15) is 9.90 Å². The van der Waals surface area contributed by atoms with Gasteiger partial charge in [0.15, 0.2) is 11.8 Å². The predicted molar refractivity (Wildman–Crippen MR) is 117 cm³/mol. The van der Waals surface area contributed by atoms with E-state index in [4.69, 9.17) is 25.8 Å². The molecule has 10 heteroatoms. The van der Waals surface area contributed by atoms with Crippen molar-refractivity contribution in [3.63, 3.8) is 0 Å². The van der Waals surface area contributed by atoms with Gasteiger partial charge in [0, 0.05) is 12.6 Å². The molecule has 0 saturated carbocycles. The van der Waals surface area contributed by atoms with Gasteiger partial charge in [-0.05, 0) is 36.6 Å². The maximum absolute atomic E-state index is 11.1. The number of benzene rings is 1. The number of aliphatic hydroxyl groups excluding tert-OH is 1. The third-order valence-corrected chi connectivity index (χ3v) is 5.97. The van der Waals surface area contributed by atoms with Crippen LogP contribution in [0.2, 0.25) is 5.02 Å². The van der Waals surface area contributed by atoms with Crippen molar-refractivity contribution in [2.45, 2.75) is 44.2 Å². The fourth-order valence-corrected chi connectivity index (χ4v) is 4.32. The molecule has 2 saturated heterocycles. The van der Waals surface area contributed by atoms with Gasteiger partial charge in [0.2, 0.25) is 5.91 Å². The van der Waals surface area contributed by atoms with Gasteiger partial charge in [-0.2, -0.15) is 4.98 Å². The molecule has 9 nitrogen and oxygen atoms in total. The van der Waals surface area contributed by atoms with Crippen molar-refractivity contribution in [2.24, 2.45) is 0 Å². The molecule has 0 radical (unpaired) electrons. The highest BCUT2D eigenvalue weighted by atomic mass is 35.5. The first kappa shape index (κ1) is 21.1. The number of H-pyrrole nitrogens is 1. The second-order valence-electron chi connectivity index (χ2n) is 8.03. The molecule has 2 aliphatic heterocycles. The number of carbonyl (C=O) groups excluding carboxylic acids is 1. The molecule has 0 aliphatic carbocycles. The SMILES string of the molecule is CC(=O)Nc1ccc(CCc2nc3nc(O[C@@H]4CO[C@H]5[C@@H]4OC[C@H]5O)[nH]c3cc2Cl)cc1. The molecule has 5 rings (SSSR count). The number of imidazole rings is 1. The van der Waals surface area contributed by atoms with Crippen LogP contribution in [0.3, 0.4) is 0 Å². The van der Waals surface area contributed by atoms with Crippen LogP contribution < -0.4 is 10.1 Å². The van der Waals surface area contributed by atoms with Crippen LogP contribution in [0, 0.1) is 0 Å². The van der Waals surface area contributed by atoms with Gasteiger partial charge in [0.05, 0.1) is 29.4 Å². The summed E-state index contributed by atoms with van der Waals surface area (Å²) in [5.41, 5.74) is 3.81. The molecule has 3 aromatic rings. The highest BCUT2D eigenvalue weighted by Crippen LogP contribution is 2.30. The molecule has 4 atom stereocenters. The Hall–Kier alpha value is -2.72. The van der Waals surface area contributed by atoms with Crippen molar-refractivity contribution in [2.75, 3.05) is 18.5 Å². The van der Waals surface area contributed by atoms with Gasteiger partial charge in [-0.25, -0.2) is 4.98 Å². The Morgan fingerprint density at radius 2 is 2.00 bits per heavy atom. The third kappa shape index (κ3) is 4.29. The van der Waals surface area contributed by atoms with E-state index >= 15 is 0 Å². The number of anilines is 1. The molecule has 0 unspecified atom stereocenters. The van der Waals surface area contributed by atoms with E-state index in [1.807, 2.05) is 24.3 Å². The van der Waals surface area contributed by atoms with Crippen molar-refractivity contribution >= 4 is 34.4 Å². The second-order valence-corrected chi connectivity index (χ2v) is 8.43. The quantitative estimate of drug-likeness (QED) is 0.518. The molecule has 1 amide bonds. The zero-order chi connectivity index (χ0) is 22.2. The number of amides is 1. The zero-order valence-electron chi connectivity index (χ0n) is 17.4. The molecule has 2 aliphatic rings. The molecular weight excluding hydrogens is 436 g/mol. The number of pyridine rings is 1. The second kappa shape index (κ2) is 8.67. The summed E-state index contributed by atoms with van der Waals surface area (Å²) < 4.78 is 17.1. The van der Waals surface area contributed by atoms with Crippen LogP contribution in [0.4, 0.5) is 5.69 Å². The maximum Gasteiger partial charge on any atom is 0.296 e. The first-order valence-corrected chi connectivity index (χ1v) is 10.8. The van der Waals surface area contributed by atoms with Crippen LogP contribution in [0.15, 0.2) is 30.3 Å². The number of halogens is 1. The van der Waals surface area contributed by atoms with Crippen LogP contribution in [0.1, 0.15) is 18.2 Å². The fourth-order valence-electron chi connectivity index (χ4n) is 4.07. The predicted octanol–water partition coefficient (Wildman–Crippen LogP) is 2.26. The number of ether oxygens (including phenoxy) is 3. The van der Waals surface area contributed by atoms with E-state index in [1.54, 1.807) is 6.07 Å². The van der Waals surface area contributed by atoms with Gasteiger partial charge in [-0.3, -0.25) is 4.79 Å². The minimum Gasteiger partial charge on any atom is -0.456 e. The number of fused-ring (bicyclic) bond motifs is 2. The molecule has 168 valence electrons. The lowest BCUT2D eigenvalue weighted by atomic mass is 10.1. The van der Waals surface area contributed by atoms with Gasteiger partial charge < -0.3 is 29.6 Å². The summed E-state index contributed by atoms with van der Waals surface area (Å²) in [6, 6.07) is 9.79. The number of nitrogens with one attached hydrogen (secondary N) is 2. The summed E-state index contributed by atoms with van der Waals surface area (Å²) in [7, 11) is 0. The van der Waals surface area contributed by atoms with Crippen molar-refractivity contribution in [1.82, 2.24) is 15.0 Å². The average Bonchev–Trinajstić information content (AvgIpc) is 3.44. The van der Waals surface area contributed by atoms with Gasteiger partial charge >= 0.3 is 0 Å². The Kier molecular flexibility index (Phi) is 5.73. The lowest BCUT2D eigenvalue weighted by Crippen LogP contribution is -2.34. The third-order valence-electron chi connectivity index (χ3n) is 5.65. The minimum absolute atomic E-state index is 0.0991. The molecule has 2 fully saturated rings. The van der Waals surface area contributed by atoms with Crippen LogP contribution in [0.25, 0.3) is 11.2 Å². The van der Waals surface area contributed by atoms with Crippen LogP contribution >= 0.6 is 11.6 Å². The number of aliphatic hydroxyl groups is 1. The molecule has 3 N–H and O–H groups in total. The number of aromatic nitrogens is 3. The average molecular weight is 459 g/mol. The summed E-state index contributed by atoms with van der Waals surface area (Å²) in [5, 5.41) is 13.2. The molecule has 2 aromatic heterocycles. The van der Waals surface area contributed by atoms with Crippen molar-refractivity contribution in [3.8, 4) is 6.01 Å². The Labute approximate surface area is 189 Å². The topological polar surface area (TPSA) is 119 Å². The Morgan fingerprint density at radius 1 is 1.22 bits per heavy atom. The number of hydrogen-bond acceptors (Lipinski definition) is 7. The van der Waals surface area contributed by atoms with Gasteiger partial charge in [-0.1, -0.05) is 23.7 Å². The van der Waals surface area contributed by atoms with Crippen molar-refractivity contribution < 1.29 is 24.1 Å². The highest BCUT2D eigenvalue weighted by Gasteiger charge is 2.48. The molecule has 1 aromatic carbocycles. The summed E-state index contributed by atoms with van der Waals surface area (Å²) in [5.74, 6) is -0.0991. The molecular formula is C22H23ClN4O5. The number of carbonyl (C=O) groups is 1. The number of hydrogen-bond donors (Lipinski definition) is 3. The Morgan fingerprint density at radius 3 is 2.78 bits per heavy atom. The zero-order valence-corrected chi connectivity index (χ0v) is 18.1. The van der Waals surface area contributed by atoms with E-state index in [0.29, 0.717) is 35.2 Å². The van der Waals surface area contributed by atoms with Crippen molar-refractivity contribution in [3.05, 3.63) is 46.6 Å². The largest absolute Gasteiger partial charge is 0.456 e. The Bertz CT molecular complexity index is 1140. The summed E-state index contributed by atoms with van der Waals surface area (Å²) in [4.78, 5) is 23.3. The Balaban J connectivity index is 1.26. The van der Waals surface area contributed by atoms with E-state index in [1.165, 1.54) is 6.92 Å². The van der Waals surface area contributed by atoms with E-state index < -0.39 is 6.10 Å². The van der Waals surface area contributed by atoms with Crippen molar-refractivity contribution in [1.29, 1.82) is 0 Å². The molecule has 32 heavy (non-hydrogen) atoms. The molecule has 0 bridgehead atoms. The van der Waals surface area contributed by atoms with Crippen LogP contribution in [0.5, 0.6) is 6.01 Å².